The van der Waals surface area contributed by atoms with Crippen molar-refractivity contribution in [2.45, 2.75) is 13.1 Å². The quantitative estimate of drug-likeness (QED) is 0.598. The number of nitrogens with one attached hydrogen (secondary N) is 1. The number of nitrogens with zero attached hydrogens (tertiary/aromatic N) is 4. The molecule has 0 amide bonds. The highest BCUT2D eigenvalue weighted by atomic mass is 15.3. The van der Waals surface area contributed by atoms with Crippen LogP contribution in [0.3, 0.4) is 0 Å². The molecule has 0 saturated carbocycles. The molecule has 0 aliphatic carbocycles. The van der Waals surface area contributed by atoms with Crippen LogP contribution in [0.15, 0.2) is 36.8 Å². The van der Waals surface area contributed by atoms with E-state index in [0.29, 0.717) is 12.4 Å². The average Bonchev–Trinajstić information content (AvgIpc) is 2.40. The van der Waals surface area contributed by atoms with Crippen molar-refractivity contribution in [2.24, 2.45) is 5.84 Å². The van der Waals surface area contributed by atoms with Gasteiger partial charge in [-0.25, -0.2) is 10.8 Å². The van der Waals surface area contributed by atoms with Crippen LogP contribution in [0.2, 0.25) is 0 Å². The van der Waals surface area contributed by atoms with Crippen LogP contribution in [-0.2, 0) is 13.1 Å². The number of hydrogen-bond acceptors (Lipinski definition) is 6. The van der Waals surface area contributed by atoms with Gasteiger partial charge in [-0.2, -0.15) is 0 Å². The molecular weight excluding hydrogens is 228 g/mol. The molecule has 2 aromatic heterocycles. The summed E-state index contributed by atoms with van der Waals surface area (Å²) in [4.78, 5) is 14.8. The number of anilines is 1. The summed E-state index contributed by atoms with van der Waals surface area (Å²) in [5, 5.41) is 0. The summed E-state index contributed by atoms with van der Waals surface area (Å²) in [6.07, 6.45) is 5.12. The number of nitrogens with two attached hydrogens (primary N) is 1. The summed E-state index contributed by atoms with van der Waals surface area (Å²) in [5.74, 6) is 5.79. The maximum Gasteiger partial charge on any atom is 0.158 e. The summed E-state index contributed by atoms with van der Waals surface area (Å²) >= 11 is 0. The number of hydrazine groups is 1. The Bertz CT molecular complexity index is 470. The van der Waals surface area contributed by atoms with Crippen LogP contribution in [0.5, 0.6) is 0 Å². The molecule has 3 N–H and O–H groups in total. The van der Waals surface area contributed by atoms with E-state index in [4.69, 9.17) is 5.84 Å². The molecule has 0 bridgehead atoms. The molecule has 6 heteroatoms. The molecule has 0 unspecified atom stereocenters. The zero-order valence-electron chi connectivity index (χ0n) is 10.2. The predicted molar refractivity (Wildman–Crippen MR) is 69.3 cm³/mol. The second-order valence-electron chi connectivity index (χ2n) is 4.03. The second-order valence-corrected chi connectivity index (χ2v) is 4.03. The van der Waals surface area contributed by atoms with Crippen LogP contribution in [0.4, 0.5) is 5.82 Å². The highest BCUT2D eigenvalue weighted by Gasteiger charge is 2.04. The number of hydrogen-bond donors (Lipinski definition) is 2. The van der Waals surface area contributed by atoms with E-state index in [1.165, 1.54) is 0 Å². The lowest BCUT2D eigenvalue weighted by Crippen LogP contribution is -2.19. The molecule has 2 rings (SSSR count). The van der Waals surface area contributed by atoms with Crippen molar-refractivity contribution in [1.82, 2.24) is 19.9 Å². The summed E-state index contributed by atoms with van der Waals surface area (Å²) in [6.45, 7) is 1.49. The lowest BCUT2D eigenvalue weighted by Gasteiger charge is -2.15. The molecule has 0 saturated heterocycles. The molecule has 0 atom stereocenters. The van der Waals surface area contributed by atoms with Crippen LogP contribution < -0.4 is 11.3 Å². The van der Waals surface area contributed by atoms with Crippen LogP contribution in [0.25, 0.3) is 0 Å². The largest absolute Gasteiger partial charge is 0.307 e. The minimum absolute atomic E-state index is 0.561. The number of aromatic nitrogens is 3. The van der Waals surface area contributed by atoms with Crippen LogP contribution in [0, 0.1) is 0 Å². The Labute approximate surface area is 106 Å². The summed E-state index contributed by atoms with van der Waals surface area (Å²) in [6, 6.07) is 5.90. The normalized spacial score (nSPS) is 10.6. The lowest BCUT2D eigenvalue weighted by atomic mass is 10.3. The molecule has 0 fully saturated rings. The average molecular weight is 244 g/mol. The minimum Gasteiger partial charge on any atom is -0.307 e. The van der Waals surface area contributed by atoms with E-state index in [1.54, 1.807) is 18.6 Å². The fraction of sp³-hybridized carbons (Fsp3) is 0.250. The van der Waals surface area contributed by atoms with Gasteiger partial charge in [0.2, 0.25) is 0 Å². The third-order valence-corrected chi connectivity index (χ3v) is 2.44. The Morgan fingerprint density at radius 2 is 1.94 bits per heavy atom. The van der Waals surface area contributed by atoms with Crippen molar-refractivity contribution in [2.75, 3.05) is 12.5 Å². The Balaban J connectivity index is 1.92. The monoisotopic (exact) mass is 244 g/mol. The molecule has 2 heterocycles. The molecule has 0 radical (unpaired) electrons. The standard InChI is InChI=1S/C12H16N6/c1-18(8-10-4-2-3-5-14-10)9-11-6-16-12(17-13)7-15-11/h2-7H,8-9,13H2,1H3,(H,16,17). The van der Waals surface area contributed by atoms with Gasteiger partial charge < -0.3 is 5.43 Å². The first kappa shape index (κ1) is 12.4. The van der Waals surface area contributed by atoms with Gasteiger partial charge in [-0.15, -0.1) is 0 Å². The van der Waals surface area contributed by atoms with E-state index in [9.17, 15) is 0 Å². The van der Waals surface area contributed by atoms with Crippen molar-refractivity contribution in [3.8, 4) is 0 Å². The molecule has 0 spiro atoms. The van der Waals surface area contributed by atoms with Gasteiger partial charge in [0.1, 0.15) is 0 Å². The second kappa shape index (κ2) is 6.04. The Hall–Kier alpha value is -2.05. The van der Waals surface area contributed by atoms with Crippen LogP contribution in [-0.4, -0.2) is 26.9 Å². The van der Waals surface area contributed by atoms with Crippen LogP contribution >= 0.6 is 0 Å². The number of rotatable bonds is 5. The first-order chi connectivity index (χ1) is 8.78. The SMILES string of the molecule is CN(Cc1ccccn1)Cc1cnc(NN)cn1. The molecule has 0 aliphatic rings. The van der Waals surface area contributed by atoms with Crippen molar-refractivity contribution in [3.05, 3.63) is 48.2 Å². The predicted octanol–water partition coefficient (Wildman–Crippen LogP) is 0.789. The third kappa shape index (κ3) is 3.47. The number of nitrogen functional groups attached to an aromatic ring is 1. The molecule has 0 aromatic carbocycles. The van der Waals surface area contributed by atoms with E-state index in [1.807, 2.05) is 25.2 Å². The number of pyridine rings is 1. The van der Waals surface area contributed by atoms with Gasteiger partial charge in [0, 0.05) is 19.3 Å². The van der Waals surface area contributed by atoms with E-state index in [2.05, 4.69) is 25.3 Å². The van der Waals surface area contributed by atoms with Gasteiger partial charge in [-0.3, -0.25) is 14.9 Å². The Kier molecular flexibility index (Phi) is 4.16. The van der Waals surface area contributed by atoms with E-state index in [-0.39, 0.29) is 0 Å². The van der Waals surface area contributed by atoms with Gasteiger partial charge >= 0.3 is 0 Å². The van der Waals surface area contributed by atoms with Crippen LogP contribution in [0.1, 0.15) is 11.4 Å². The van der Waals surface area contributed by atoms with Gasteiger partial charge in [-0.05, 0) is 19.2 Å². The van der Waals surface area contributed by atoms with E-state index in [0.717, 1.165) is 17.9 Å². The lowest BCUT2D eigenvalue weighted by molar-refractivity contribution is 0.311. The van der Waals surface area contributed by atoms with Crippen molar-refractivity contribution in [3.63, 3.8) is 0 Å². The summed E-state index contributed by atoms with van der Waals surface area (Å²) in [5.41, 5.74) is 4.38. The molecular formula is C12H16N6. The van der Waals surface area contributed by atoms with Crippen molar-refractivity contribution >= 4 is 5.82 Å². The highest BCUT2D eigenvalue weighted by molar-refractivity contribution is 5.28. The fourth-order valence-corrected chi connectivity index (χ4v) is 1.61. The van der Waals surface area contributed by atoms with Gasteiger partial charge in [0.15, 0.2) is 5.82 Å². The maximum atomic E-state index is 5.23. The zero-order chi connectivity index (χ0) is 12.8. The Morgan fingerprint density at radius 3 is 2.56 bits per heavy atom. The van der Waals surface area contributed by atoms with Crippen molar-refractivity contribution < 1.29 is 0 Å². The molecule has 2 aromatic rings. The minimum atomic E-state index is 0.561. The summed E-state index contributed by atoms with van der Waals surface area (Å²) < 4.78 is 0. The zero-order valence-corrected chi connectivity index (χ0v) is 10.2. The van der Waals surface area contributed by atoms with Gasteiger partial charge in [-0.1, -0.05) is 6.07 Å². The molecule has 0 aliphatic heterocycles. The Morgan fingerprint density at radius 1 is 1.11 bits per heavy atom. The third-order valence-electron chi connectivity index (χ3n) is 2.44. The first-order valence-electron chi connectivity index (χ1n) is 5.64. The maximum absolute atomic E-state index is 5.23. The fourth-order valence-electron chi connectivity index (χ4n) is 1.61. The highest BCUT2D eigenvalue weighted by Crippen LogP contribution is 2.05. The summed E-state index contributed by atoms with van der Waals surface area (Å²) in [7, 11) is 2.02. The van der Waals surface area contributed by atoms with Gasteiger partial charge in [0.05, 0.1) is 23.8 Å². The molecule has 6 nitrogen and oxygen atoms in total. The van der Waals surface area contributed by atoms with E-state index >= 15 is 0 Å². The first-order valence-corrected chi connectivity index (χ1v) is 5.64. The van der Waals surface area contributed by atoms with Gasteiger partial charge in [0.25, 0.3) is 0 Å². The molecule has 18 heavy (non-hydrogen) atoms. The van der Waals surface area contributed by atoms with E-state index < -0.39 is 0 Å². The topological polar surface area (TPSA) is 80.0 Å². The smallest absolute Gasteiger partial charge is 0.158 e. The van der Waals surface area contributed by atoms with Crippen molar-refractivity contribution in [1.29, 1.82) is 0 Å². The molecule has 94 valence electrons.